The SMILES string of the molecule is COc1cc(C)c([C@@H](C)NC(=O)c2ccccc2N(C)S(C)(=O)=O)cc1C(C)C. The number of methoxy groups -OCH3 is 1. The Hall–Kier alpha value is -2.54. The predicted molar refractivity (Wildman–Crippen MR) is 117 cm³/mol. The lowest BCUT2D eigenvalue weighted by atomic mass is 9.93. The molecule has 0 aromatic heterocycles. The molecule has 29 heavy (non-hydrogen) atoms. The molecule has 2 aromatic rings. The molecule has 0 saturated carbocycles. The van der Waals surface area contributed by atoms with E-state index in [0.717, 1.165) is 33.0 Å². The van der Waals surface area contributed by atoms with Gasteiger partial charge in [0.2, 0.25) is 10.0 Å². The van der Waals surface area contributed by atoms with Gasteiger partial charge in [-0.3, -0.25) is 9.10 Å². The van der Waals surface area contributed by atoms with E-state index in [1.807, 2.05) is 19.9 Å². The molecule has 1 N–H and O–H groups in total. The first-order valence-electron chi connectivity index (χ1n) is 9.49. The van der Waals surface area contributed by atoms with Gasteiger partial charge in [-0.15, -0.1) is 0 Å². The van der Waals surface area contributed by atoms with E-state index in [9.17, 15) is 13.2 Å². The first-order valence-corrected chi connectivity index (χ1v) is 11.3. The zero-order valence-electron chi connectivity index (χ0n) is 18.1. The van der Waals surface area contributed by atoms with E-state index < -0.39 is 10.0 Å². The first-order chi connectivity index (χ1) is 13.5. The topological polar surface area (TPSA) is 75.7 Å². The summed E-state index contributed by atoms with van der Waals surface area (Å²) in [6.45, 7) is 8.09. The number of aryl methyl sites for hydroxylation is 1. The number of hydrogen-bond acceptors (Lipinski definition) is 4. The van der Waals surface area contributed by atoms with E-state index in [-0.39, 0.29) is 17.9 Å². The van der Waals surface area contributed by atoms with Gasteiger partial charge in [0.05, 0.1) is 30.7 Å². The van der Waals surface area contributed by atoms with E-state index in [0.29, 0.717) is 11.3 Å². The third-order valence-corrected chi connectivity index (χ3v) is 6.23. The maximum atomic E-state index is 13.0. The van der Waals surface area contributed by atoms with Gasteiger partial charge in [-0.05, 0) is 60.7 Å². The lowest BCUT2D eigenvalue weighted by Crippen LogP contribution is -2.31. The van der Waals surface area contributed by atoms with Crippen molar-refractivity contribution < 1.29 is 17.9 Å². The lowest BCUT2D eigenvalue weighted by Gasteiger charge is -2.23. The molecule has 2 rings (SSSR count). The summed E-state index contributed by atoms with van der Waals surface area (Å²) in [5, 5.41) is 3.00. The Morgan fingerprint density at radius 2 is 1.72 bits per heavy atom. The molecule has 0 unspecified atom stereocenters. The maximum absolute atomic E-state index is 13.0. The second-order valence-corrected chi connectivity index (χ2v) is 9.56. The van der Waals surface area contributed by atoms with Gasteiger partial charge >= 0.3 is 0 Å². The van der Waals surface area contributed by atoms with Crippen molar-refractivity contribution in [1.82, 2.24) is 5.32 Å². The van der Waals surface area contributed by atoms with Crippen molar-refractivity contribution in [3.63, 3.8) is 0 Å². The van der Waals surface area contributed by atoms with Crippen molar-refractivity contribution >= 4 is 21.6 Å². The molecule has 158 valence electrons. The van der Waals surface area contributed by atoms with Gasteiger partial charge in [-0.25, -0.2) is 8.42 Å². The Morgan fingerprint density at radius 3 is 2.28 bits per heavy atom. The molecule has 0 aliphatic rings. The van der Waals surface area contributed by atoms with Gasteiger partial charge in [0.25, 0.3) is 5.91 Å². The Morgan fingerprint density at radius 1 is 1.10 bits per heavy atom. The number of ether oxygens (including phenoxy) is 1. The van der Waals surface area contributed by atoms with Crippen molar-refractivity contribution in [2.75, 3.05) is 24.7 Å². The molecule has 6 nitrogen and oxygen atoms in total. The predicted octanol–water partition coefficient (Wildman–Crippen LogP) is 4.01. The Bertz CT molecular complexity index is 1000. The molecular formula is C22H30N2O4S. The van der Waals surface area contributed by atoms with Crippen LogP contribution in [0.3, 0.4) is 0 Å². The number of benzene rings is 2. The number of rotatable bonds is 7. The van der Waals surface area contributed by atoms with Crippen LogP contribution in [0.5, 0.6) is 5.75 Å². The van der Waals surface area contributed by atoms with Crippen LogP contribution in [0.1, 0.15) is 59.8 Å². The molecule has 2 aromatic carbocycles. The fourth-order valence-corrected chi connectivity index (χ4v) is 3.80. The smallest absolute Gasteiger partial charge is 0.253 e. The number of carbonyl (C=O) groups excluding carboxylic acids is 1. The fourth-order valence-electron chi connectivity index (χ4n) is 3.28. The summed E-state index contributed by atoms with van der Waals surface area (Å²) in [5.74, 6) is 0.779. The summed E-state index contributed by atoms with van der Waals surface area (Å²) < 4.78 is 30.5. The number of hydrogen-bond donors (Lipinski definition) is 1. The maximum Gasteiger partial charge on any atom is 0.253 e. The van der Waals surface area contributed by atoms with Gasteiger partial charge in [0.1, 0.15) is 5.75 Å². The van der Waals surface area contributed by atoms with E-state index >= 15 is 0 Å². The largest absolute Gasteiger partial charge is 0.496 e. The summed E-state index contributed by atoms with van der Waals surface area (Å²) in [6, 6.07) is 10.5. The number of para-hydroxylation sites is 1. The highest BCUT2D eigenvalue weighted by atomic mass is 32.2. The molecule has 1 amide bonds. The van der Waals surface area contributed by atoms with Crippen molar-refractivity contribution in [2.45, 2.75) is 39.7 Å². The van der Waals surface area contributed by atoms with Crippen LogP contribution in [0.4, 0.5) is 5.69 Å². The summed E-state index contributed by atoms with van der Waals surface area (Å²) in [4.78, 5) is 13.0. The van der Waals surface area contributed by atoms with Crippen LogP contribution in [-0.4, -0.2) is 34.7 Å². The molecule has 0 saturated heterocycles. The summed E-state index contributed by atoms with van der Waals surface area (Å²) >= 11 is 0. The second-order valence-electron chi connectivity index (χ2n) is 7.55. The van der Waals surface area contributed by atoms with Gasteiger partial charge in [0, 0.05) is 7.05 Å². The highest BCUT2D eigenvalue weighted by Gasteiger charge is 2.22. The molecule has 1 atom stereocenters. The van der Waals surface area contributed by atoms with Crippen LogP contribution in [0.25, 0.3) is 0 Å². The normalized spacial score (nSPS) is 12.6. The second kappa shape index (κ2) is 8.86. The van der Waals surface area contributed by atoms with E-state index in [1.165, 1.54) is 7.05 Å². The van der Waals surface area contributed by atoms with Crippen molar-refractivity contribution in [3.05, 3.63) is 58.7 Å². The van der Waals surface area contributed by atoms with Crippen molar-refractivity contribution in [2.24, 2.45) is 0 Å². The molecule has 7 heteroatoms. The summed E-state index contributed by atoms with van der Waals surface area (Å²) in [5.41, 5.74) is 3.74. The van der Waals surface area contributed by atoms with Gasteiger partial charge in [-0.1, -0.05) is 26.0 Å². The first kappa shape index (κ1) is 22.7. The number of amides is 1. The minimum absolute atomic E-state index is 0.262. The van der Waals surface area contributed by atoms with Gasteiger partial charge in [0.15, 0.2) is 0 Å². The van der Waals surface area contributed by atoms with Crippen molar-refractivity contribution in [3.8, 4) is 5.75 Å². The van der Waals surface area contributed by atoms with Gasteiger partial charge < -0.3 is 10.1 Å². The van der Waals surface area contributed by atoms with Gasteiger partial charge in [-0.2, -0.15) is 0 Å². The molecule has 0 fully saturated rings. The Labute approximate surface area is 173 Å². The van der Waals surface area contributed by atoms with E-state index in [4.69, 9.17) is 4.74 Å². The number of anilines is 1. The summed E-state index contributed by atoms with van der Waals surface area (Å²) in [6.07, 6.45) is 1.11. The molecule has 0 heterocycles. The zero-order valence-corrected chi connectivity index (χ0v) is 18.9. The fraction of sp³-hybridized carbons (Fsp3) is 0.409. The van der Waals surface area contributed by atoms with E-state index in [2.05, 4.69) is 25.2 Å². The van der Waals surface area contributed by atoms with Crippen LogP contribution in [0.2, 0.25) is 0 Å². The number of carbonyl (C=O) groups is 1. The van der Waals surface area contributed by atoms with Crippen LogP contribution in [-0.2, 0) is 10.0 Å². The third kappa shape index (κ3) is 5.09. The zero-order chi connectivity index (χ0) is 21.9. The summed E-state index contributed by atoms with van der Waals surface area (Å²) in [7, 11) is -0.391. The number of sulfonamides is 1. The van der Waals surface area contributed by atoms with Crippen LogP contribution >= 0.6 is 0 Å². The van der Waals surface area contributed by atoms with E-state index in [1.54, 1.807) is 31.4 Å². The average Bonchev–Trinajstić information content (AvgIpc) is 2.65. The molecular weight excluding hydrogens is 388 g/mol. The standard InChI is InChI=1S/C22H30N2O4S/c1-14(2)18-13-19(15(3)12-21(18)28-6)16(4)23-22(25)17-10-8-9-11-20(17)24(5)29(7,26)27/h8-14,16H,1-7H3,(H,23,25)/t16-/m1/s1. The highest BCUT2D eigenvalue weighted by Crippen LogP contribution is 2.32. The number of nitrogens with one attached hydrogen (secondary N) is 1. The highest BCUT2D eigenvalue weighted by molar-refractivity contribution is 7.92. The molecule has 0 radical (unpaired) electrons. The molecule has 0 aliphatic carbocycles. The quantitative estimate of drug-likeness (QED) is 0.737. The molecule has 0 aliphatic heterocycles. The Kier molecular flexibility index (Phi) is 6.95. The number of nitrogens with zero attached hydrogens (tertiary/aromatic N) is 1. The average molecular weight is 419 g/mol. The third-order valence-electron chi connectivity index (χ3n) is 5.04. The minimum atomic E-state index is -3.48. The van der Waals surface area contributed by atoms with Crippen LogP contribution in [0.15, 0.2) is 36.4 Å². The van der Waals surface area contributed by atoms with Crippen molar-refractivity contribution in [1.29, 1.82) is 0 Å². The monoisotopic (exact) mass is 418 g/mol. The van der Waals surface area contributed by atoms with Crippen LogP contribution < -0.4 is 14.4 Å². The lowest BCUT2D eigenvalue weighted by molar-refractivity contribution is 0.0940. The Balaban J connectivity index is 2.37. The molecule has 0 spiro atoms. The minimum Gasteiger partial charge on any atom is -0.496 e. The molecule has 0 bridgehead atoms. The van der Waals surface area contributed by atoms with Crippen LogP contribution in [0, 0.1) is 6.92 Å².